The van der Waals surface area contributed by atoms with E-state index in [0.717, 1.165) is 18.3 Å². The van der Waals surface area contributed by atoms with Crippen LogP contribution < -0.4 is 5.43 Å². The van der Waals surface area contributed by atoms with Crippen LogP contribution in [0.25, 0.3) is 0 Å². The highest BCUT2D eigenvalue weighted by molar-refractivity contribution is 5.80. The highest BCUT2D eigenvalue weighted by atomic mass is 19.4. The summed E-state index contributed by atoms with van der Waals surface area (Å²) in [7, 11) is 0. The van der Waals surface area contributed by atoms with Crippen LogP contribution in [0.15, 0.2) is 47.7 Å². The Balaban J connectivity index is 2.16. The molecule has 0 spiro atoms. The van der Waals surface area contributed by atoms with Crippen molar-refractivity contribution in [3.63, 3.8) is 0 Å². The van der Waals surface area contributed by atoms with Crippen LogP contribution in [0.3, 0.4) is 0 Å². The molecule has 22 heavy (non-hydrogen) atoms. The zero-order valence-electron chi connectivity index (χ0n) is 10.9. The maximum atomic E-state index is 12.6. The van der Waals surface area contributed by atoms with Crippen molar-refractivity contribution in [2.45, 2.75) is 6.18 Å². The number of benzene rings is 1. The first-order chi connectivity index (χ1) is 10.4. The molecule has 0 atom stereocenters. The van der Waals surface area contributed by atoms with Crippen LogP contribution in [0.2, 0.25) is 0 Å². The molecule has 0 fully saturated rings. The van der Waals surface area contributed by atoms with Gasteiger partial charge in [0.1, 0.15) is 0 Å². The number of nitrogens with one attached hydrogen (secondary N) is 1. The molecule has 6 nitrogen and oxygen atoms in total. The van der Waals surface area contributed by atoms with Crippen molar-refractivity contribution in [2.75, 3.05) is 5.43 Å². The molecule has 0 aliphatic carbocycles. The monoisotopic (exact) mass is 310 g/mol. The molecule has 0 aliphatic heterocycles. The minimum atomic E-state index is -4.45. The Labute approximate surface area is 122 Å². The van der Waals surface area contributed by atoms with Gasteiger partial charge in [0, 0.05) is 12.3 Å². The first-order valence-corrected chi connectivity index (χ1v) is 5.93. The molecule has 0 unspecified atom stereocenters. The largest absolute Gasteiger partial charge is 0.416 e. The lowest BCUT2D eigenvalue weighted by molar-refractivity contribution is -0.384. The van der Waals surface area contributed by atoms with Crippen molar-refractivity contribution in [3.05, 3.63) is 63.8 Å². The van der Waals surface area contributed by atoms with Crippen molar-refractivity contribution >= 4 is 17.7 Å². The number of nitro groups is 1. The maximum absolute atomic E-state index is 12.6. The van der Waals surface area contributed by atoms with E-state index in [1.54, 1.807) is 0 Å². The lowest BCUT2D eigenvalue weighted by Crippen LogP contribution is -2.05. The van der Waals surface area contributed by atoms with Crippen LogP contribution >= 0.6 is 0 Å². The number of hydrogen-bond donors (Lipinski definition) is 1. The summed E-state index contributed by atoms with van der Waals surface area (Å²) in [5.41, 5.74) is 1.44. The van der Waals surface area contributed by atoms with E-state index in [-0.39, 0.29) is 17.1 Å². The molecule has 0 bridgehead atoms. The molecule has 1 aromatic heterocycles. The highest BCUT2D eigenvalue weighted by Crippen LogP contribution is 2.29. The molecule has 1 heterocycles. The van der Waals surface area contributed by atoms with Gasteiger partial charge in [-0.1, -0.05) is 12.1 Å². The van der Waals surface area contributed by atoms with Crippen molar-refractivity contribution < 1.29 is 18.1 Å². The zero-order chi connectivity index (χ0) is 16.2. The van der Waals surface area contributed by atoms with Gasteiger partial charge >= 0.3 is 11.9 Å². The Morgan fingerprint density at radius 2 is 2.05 bits per heavy atom. The van der Waals surface area contributed by atoms with Crippen molar-refractivity contribution in [2.24, 2.45) is 5.10 Å². The van der Waals surface area contributed by atoms with E-state index in [2.05, 4.69) is 15.5 Å². The summed E-state index contributed by atoms with van der Waals surface area (Å²) < 4.78 is 37.7. The lowest BCUT2D eigenvalue weighted by atomic mass is 10.1. The third kappa shape index (κ3) is 3.78. The average molecular weight is 310 g/mol. The first-order valence-electron chi connectivity index (χ1n) is 5.93. The molecule has 0 aliphatic rings. The molecule has 9 heteroatoms. The Morgan fingerprint density at radius 1 is 1.27 bits per heavy atom. The smallest absolute Gasteiger partial charge is 0.258 e. The summed E-state index contributed by atoms with van der Waals surface area (Å²) in [5.74, 6) is -0.101. The molecule has 114 valence electrons. The summed E-state index contributed by atoms with van der Waals surface area (Å²) >= 11 is 0. The van der Waals surface area contributed by atoms with E-state index in [9.17, 15) is 23.3 Å². The number of hydrogen-bond acceptors (Lipinski definition) is 5. The van der Waals surface area contributed by atoms with Gasteiger partial charge in [-0.3, -0.25) is 15.5 Å². The van der Waals surface area contributed by atoms with Gasteiger partial charge < -0.3 is 0 Å². The fraction of sp³-hybridized carbons (Fsp3) is 0.0769. The van der Waals surface area contributed by atoms with Gasteiger partial charge in [-0.05, 0) is 23.8 Å². The minimum absolute atomic E-state index is 0.101. The van der Waals surface area contributed by atoms with E-state index < -0.39 is 16.7 Å². The van der Waals surface area contributed by atoms with Crippen LogP contribution in [0.1, 0.15) is 11.1 Å². The van der Waals surface area contributed by atoms with Crippen LogP contribution in [-0.4, -0.2) is 16.1 Å². The maximum Gasteiger partial charge on any atom is 0.416 e. The Morgan fingerprint density at radius 3 is 2.73 bits per heavy atom. The van der Waals surface area contributed by atoms with Crippen molar-refractivity contribution in [3.8, 4) is 0 Å². The van der Waals surface area contributed by atoms with E-state index in [1.165, 1.54) is 30.5 Å². The van der Waals surface area contributed by atoms with E-state index in [1.807, 2.05) is 0 Å². The fourth-order valence-corrected chi connectivity index (χ4v) is 1.59. The highest BCUT2D eigenvalue weighted by Gasteiger charge is 2.30. The number of hydrazone groups is 1. The zero-order valence-corrected chi connectivity index (χ0v) is 10.9. The normalized spacial score (nSPS) is 11.6. The second-order valence-corrected chi connectivity index (χ2v) is 4.12. The molecule has 1 aromatic carbocycles. The predicted octanol–water partition coefficient (Wildman–Crippen LogP) is 3.45. The van der Waals surface area contributed by atoms with Gasteiger partial charge in [0.05, 0.1) is 16.7 Å². The third-order valence-electron chi connectivity index (χ3n) is 2.58. The molecular weight excluding hydrogens is 301 g/mol. The second-order valence-electron chi connectivity index (χ2n) is 4.12. The second kappa shape index (κ2) is 6.20. The van der Waals surface area contributed by atoms with Gasteiger partial charge in [-0.25, -0.2) is 4.98 Å². The molecule has 0 saturated heterocycles. The van der Waals surface area contributed by atoms with Gasteiger partial charge in [0.15, 0.2) is 0 Å². The SMILES string of the molecule is O=[N+]([O-])c1cccnc1NN=Cc1cccc(C(F)(F)F)c1. The van der Waals surface area contributed by atoms with Gasteiger partial charge in [0.25, 0.3) is 0 Å². The summed E-state index contributed by atoms with van der Waals surface area (Å²) in [6.45, 7) is 0. The molecule has 0 amide bonds. The first kappa shape index (κ1) is 15.4. The van der Waals surface area contributed by atoms with E-state index in [4.69, 9.17) is 0 Å². The number of halogens is 3. The molecule has 1 N–H and O–H groups in total. The molecule has 2 aromatic rings. The number of aromatic nitrogens is 1. The minimum Gasteiger partial charge on any atom is -0.258 e. The number of nitrogens with zero attached hydrogens (tertiary/aromatic N) is 3. The third-order valence-corrected chi connectivity index (χ3v) is 2.58. The van der Waals surface area contributed by atoms with E-state index >= 15 is 0 Å². The Bertz CT molecular complexity index is 716. The van der Waals surface area contributed by atoms with Crippen LogP contribution in [0, 0.1) is 10.1 Å². The van der Waals surface area contributed by atoms with Crippen LogP contribution in [-0.2, 0) is 6.18 Å². The lowest BCUT2D eigenvalue weighted by Gasteiger charge is -2.06. The molecular formula is C13H9F3N4O2. The van der Waals surface area contributed by atoms with Crippen molar-refractivity contribution in [1.82, 2.24) is 4.98 Å². The summed E-state index contributed by atoms with van der Waals surface area (Å²) in [5, 5.41) is 14.4. The number of pyridine rings is 1. The average Bonchev–Trinajstić information content (AvgIpc) is 2.47. The standard InChI is InChI=1S/C13H9F3N4O2/c14-13(15,16)10-4-1-3-9(7-10)8-18-19-12-11(20(21)22)5-2-6-17-12/h1-8H,(H,17,19). The number of alkyl halides is 3. The van der Waals surface area contributed by atoms with Gasteiger partial charge in [-0.2, -0.15) is 18.3 Å². The molecule has 0 radical (unpaired) electrons. The number of anilines is 1. The molecule has 0 saturated carbocycles. The fourth-order valence-electron chi connectivity index (χ4n) is 1.59. The summed E-state index contributed by atoms with van der Waals surface area (Å²) in [6, 6.07) is 7.14. The van der Waals surface area contributed by atoms with E-state index in [0.29, 0.717) is 0 Å². The molecule has 2 rings (SSSR count). The summed E-state index contributed by atoms with van der Waals surface area (Å²) in [6.07, 6.45) is -2.00. The Kier molecular flexibility index (Phi) is 4.35. The quantitative estimate of drug-likeness (QED) is 0.533. The van der Waals surface area contributed by atoms with Crippen molar-refractivity contribution in [1.29, 1.82) is 0 Å². The van der Waals surface area contributed by atoms with Gasteiger partial charge in [-0.15, -0.1) is 0 Å². The van der Waals surface area contributed by atoms with Crippen LogP contribution in [0.4, 0.5) is 24.7 Å². The predicted molar refractivity (Wildman–Crippen MR) is 73.6 cm³/mol. The number of rotatable bonds is 4. The Hall–Kier alpha value is -2.97. The van der Waals surface area contributed by atoms with Crippen LogP contribution in [0.5, 0.6) is 0 Å². The summed E-state index contributed by atoms with van der Waals surface area (Å²) in [4.78, 5) is 13.9. The topological polar surface area (TPSA) is 80.4 Å². The van der Waals surface area contributed by atoms with Gasteiger partial charge in [0.2, 0.25) is 5.82 Å².